The first-order valence-electron chi connectivity index (χ1n) is 9.29. The minimum absolute atomic E-state index is 0.247. The van der Waals surface area contributed by atoms with Crippen LogP contribution in [0.5, 0.6) is 0 Å². The van der Waals surface area contributed by atoms with E-state index >= 15 is 0 Å². The van der Waals surface area contributed by atoms with Gasteiger partial charge in [0.15, 0.2) is 5.78 Å². The van der Waals surface area contributed by atoms with Crippen LogP contribution in [-0.4, -0.2) is 10.8 Å². The Bertz CT molecular complexity index is 874. The number of aromatic amines is 1. The number of hydrogen-bond donors (Lipinski definition) is 1. The van der Waals surface area contributed by atoms with E-state index in [0.29, 0.717) is 6.42 Å². The maximum Gasteiger partial charge on any atom is 0.179 e. The van der Waals surface area contributed by atoms with Gasteiger partial charge in [-0.25, -0.2) is 0 Å². The number of rotatable bonds is 7. The van der Waals surface area contributed by atoms with Gasteiger partial charge in [0.1, 0.15) is 0 Å². The van der Waals surface area contributed by atoms with Gasteiger partial charge in [0, 0.05) is 17.3 Å². The molecule has 0 fully saturated rings. The molecule has 0 spiro atoms. The molecule has 0 aliphatic carbocycles. The molecule has 25 heavy (non-hydrogen) atoms. The predicted octanol–water partition coefficient (Wildman–Crippen LogP) is 5.94. The predicted molar refractivity (Wildman–Crippen MR) is 105 cm³/mol. The van der Waals surface area contributed by atoms with Gasteiger partial charge in [0.05, 0.1) is 5.69 Å². The number of carbonyl (C=O) groups is 1. The molecule has 130 valence electrons. The first-order valence-corrected chi connectivity index (χ1v) is 9.29. The summed E-state index contributed by atoms with van der Waals surface area (Å²) in [5.74, 6) is 0.247. The number of nitrogens with one attached hydrogen (secondary N) is 1. The van der Waals surface area contributed by atoms with E-state index < -0.39 is 0 Å². The number of aromatic nitrogens is 1. The van der Waals surface area contributed by atoms with Gasteiger partial charge < -0.3 is 4.98 Å². The zero-order chi connectivity index (χ0) is 17.8. The van der Waals surface area contributed by atoms with E-state index in [4.69, 9.17) is 0 Å². The molecule has 3 aromatic rings. The van der Waals surface area contributed by atoms with Crippen LogP contribution in [0, 0.1) is 13.8 Å². The number of ketones is 1. The minimum Gasteiger partial charge on any atom is -0.352 e. The maximum atomic E-state index is 12.7. The quantitative estimate of drug-likeness (QED) is 0.533. The molecule has 2 aromatic carbocycles. The summed E-state index contributed by atoms with van der Waals surface area (Å²) in [6.07, 6.45) is 4.46. The lowest BCUT2D eigenvalue weighted by Crippen LogP contribution is -2.04. The van der Waals surface area contributed by atoms with Gasteiger partial charge in [-0.1, -0.05) is 43.7 Å². The normalized spacial score (nSPS) is 11.2. The number of fused-ring (bicyclic) bond motifs is 1. The topological polar surface area (TPSA) is 32.9 Å². The van der Waals surface area contributed by atoms with Crippen molar-refractivity contribution >= 4 is 16.7 Å². The van der Waals surface area contributed by atoms with E-state index in [2.05, 4.69) is 62.2 Å². The standard InChI is InChI=1S/C23H27NO/c1-4-5-11-22(25)23-19(13-12-18-9-7-6-8-10-18)20-14-16(2)17(3)15-21(20)24-23/h6-10,14-15,24H,4-5,11-13H2,1-3H3. The molecule has 2 heteroatoms. The van der Waals surface area contributed by atoms with Crippen LogP contribution in [0.25, 0.3) is 10.9 Å². The third-order valence-corrected chi connectivity index (χ3v) is 5.06. The Balaban J connectivity index is 1.99. The lowest BCUT2D eigenvalue weighted by Gasteiger charge is -2.06. The summed E-state index contributed by atoms with van der Waals surface area (Å²) in [6, 6.07) is 14.9. The molecule has 0 saturated heterocycles. The fourth-order valence-corrected chi connectivity index (χ4v) is 3.39. The van der Waals surface area contributed by atoms with Crippen molar-refractivity contribution in [3.8, 4) is 0 Å². The second-order valence-corrected chi connectivity index (χ2v) is 6.97. The van der Waals surface area contributed by atoms with Crippen molar-refractivity contribution in [1.82, 2.24) is 4.98 Å². The van der Waals surface area contributed by atoms with Crippen LogP contribution in [0.15, 0.2) is 42.5 Å². The highest BCUT2D eigenvalue weighted by Crippen LogP contribution is 2.28. The van der Waals surface area contributed by atoms with E-state index in [-0.39, 0.29) is 5.78 Å². The summed E-state index contributed by atoms with van der Waals surface area (Å²) in [7, 11) is 0. The van der Waals surface area contributed by atoms with Gasteiger partial charge in [-0.15, -0.1) is 0 Å². The number of Topliss-reactive ketones (excluding diaryl/α,β-unsaturated/α-hetero) is 1. The third kappa shape index (κ3) is 3.84. The monoisotopic (exact) mass is 333 g/mol. The Hall–Kier alpha value is -2.35. The summed E-state index contributed by atoms with van der Waals surface area (Å²) >= 11 is 0. The van der Waals surface area contributed by atoms with Crippen LogP contribution in [-0.2, 0) is 12.8 Å². The maximum absolute atomic E-state index is 12.7. The van der Waals surface area contributed by atoms with Gasteiger partial charge >= 0.3 is 0 Å². The van der Waals surface area contributed by atoms with Crippen molar-refractivity contribution in [3.63, 3.8) is 0 Å². The van der Waals surface area contributed by atoms with Crippen molar-refractivity contribution in [2.45, 2.75) is 52.9 Å². The van der Waals surface area contributed by atoms with Crippen LogP contribution in [0.4, 0.5) is 0 Å². The van der Waals surface area contributed by atoms with E-state index in [1.54, 1.807) is 0 Å². The summed E-state index contributed by atoms with van der Waals surface area (Å²) in [5.41, 5.74) is 6.95. The third-order valence-electron chi connectivity index (χ3n) is 5.06. The number of unbranched alkanes of at least 4 members (excludes halogenated alkanes) is 1. The first kappa shape index (κ1) is 17.5. The molecule has 1 N–H and O–H groups in total. The number of benzene rings is 2. The van der Waals surface area contributed by atoms with Crippen LogP contribution >= 0.6 is 0 Å². The van der Waals surface area contributed by atoms with Crippen molar-refractivity contribution in [3.05, 3.63) is 70.4 Å². The molecule has 0 atom stereocenters. The Morgan fingerprint density at radius 1 is 1.00 bits per heavy atom. The molecule has 0 bridgehead atoms. The molecular formula is C23H27NO. The number of aryl methyl sites for hydroxylation is 4. The highest BCUT2D eigenvalue weighted by atomic mass is 16.1. The average molecular weight is 333 g/mol. The van der Waals surface area contributed by atoms with Gasteiger partial charge in [0.2, 0.25) is 0 Å². The zero-order valence-corrected chi connectivity index (χ0v) is 15.5. The summed E-state index contributed by atoms with van der Waals surface area (Å²) in [4.78, 5) is 16.2. The molecule has 3 rings (SSSR count). The number of H-pyrrole nitrogens is 1. The van der Waals surface area contributed by atoms with Gasteiger partial charge in [-0.3, -0.25) is 4.79 Å². The Morgan fingerprint density at radius 2 is 1.72 bits per heavy atom. The van der Waals surface area contributed by atoms with Crippen molar-refractivity contribution < 1.29 is 4.79 Å². The smallest absolute Gasteiger partial charge is 0.179 e. The summed E-state index contributed by atoms with van der Waals surface area (Å²) in [6.45, 7) is 6.39. The fraction of sp³-hybridized carbons (Fsp3) is 0.348. The molecular weight excluding hydrogens is 306 g/mol. The second kappa shape index (κ2) is 7.69. The number of hydrogen-bond acceptors (Lipinski definition) is 1. The first-order chi connectivity index (χ1) is 12.1. The van der Waals surface area contributed by atoms with Crippen molar-refractivity contribution in [1.29, 1.82) is 0 Å². The zero-order valence-electron chi connectivity index (χ0n) is 15.5. The van der Waals surface area contributed by atoms with E-state index in [9.17, 15) is 4.79 Å². The van der Waals surface area contributed by atoms with Crippen LogP contribution in [0.3, 0.4) is 0 Å². The molecule has 0 amide bonds. The Labute approximate surface area is 150 Å². The van der Waals surface area contributed by atoms with Crippen molar-refractivity contribution in [2.75, 3.05) is 0 Å². The molecule has 1 heterocycles. The molecule has 0 aliphatic rings. The lowest BCUT2D eigenvalue weighted by molar-refractivity contribution is 0.0975. The van der Waals surface area contributed by atoms with Gasteiger partial charge in [-0.2, -0.15) is 0 Å². The largest absolute Gasteiger partial charge is 0.352 e. The molecule has 0 saturated carbocycles. The SMILES string of the molecule is CCCCC(=O)c1[nH]c2cc(C)c(C)cc2c1CCc1ccccc1. The average Bonchev–Trinajstić information content (AvgIpc) is 2.96. The van der Waals surface area contributed by atoms with E-state index in [1.807, 2.05) is 6.07 Å². The van der Waals surface area contributed by atoms with Gasteiger partial charge in [0.25, 0.3) is 0 Å². The van der Waals surface area contributed by atoms with Crippen LogP contribution in [0.2, 0.25) is 0 Å². The molecule has 0 unspecified atom stereocenters. The summed E-state index contributed by atoms with van der Waals surface area (Å²) < 4.78 is 0. The molecule has 2 nitrogen and oxygen atoms in total. The van der Waals surface area contributed by atoms with Gasteiger partial charge in [-0.05, 0) is 67.5 Å². The lowest BCUT2D eigenvalue weighted by atomic mass is 9.97. The van der Waals surface area contributed by atoms with Crippen LogP contribution < -0.4 is 0 Å². The Kier molecular flexibility index (Phi) is 5.37. The molecule has 0 aliphatic heterocycles. The second-order valence-electron chi connectivity index (χ2n) is 6.97. The number of carbonyl (C=O) groups excluding carboxylic acids is 1. The minimum atomic E-state index is 0.247. The van der Waals surface area contributed by atoms with Crippen LogP contribution in [0.1, 0.15) is 58.9 Å². The molecule has 1 aromatic heterocycles. The summed E-state index contributed by atoms with van der Waals surface area (Å²) in [5, 5.41) is 1.21. The highest BCUT2D eigenvalue weighted by Gasteiger charge is 2.18. The fourth-order valence-electron chi connectivity index (χ4n) is 3.39. The van der Waals surface area contributed by atoms with Crippen molar-refractivity contribution in [2.24, 2.45) is 0 Å². The van der Waals surface area contributed by atoms with E-state index in [0.717, 1.165) is 36.9 Å². The highest BCUT2D eigenvalue weighted by molar-refractivity contribution is 6.02. The Morgan fingerprint density at radius 3 is 2.44 bits per heavy atom. The molecule has 0 radical (unpaired) electrons. The van der Waals surface area contributed by atoms with E-state index in [1.165, 1.54) is 27.6 Å².